The zero-order valence-electron chi connectivity index (χ0n) is 17.3. The Morgan fingerprint density at radius 1 is 0.967 bits per heavy atom. The zero-order chi connectivity index (χ0) is 21.7. The lowest BCUT2D eigenvalue weighted by Gasteiger charge is -2.29. The fourth-order valence-corrected chi connectivity index (χ4v) is 3.21. The first-order valence-electron chi connectivity index (χ1n) is 9.27. The lowest BCUT2D eigenvalue weighted by atomic mass is 9.94. The second-order valence-electron chi connectivity index (χ2n) is 6.60. The summed E-state index contributed by atoms with van der Waals surface area (Å²) in [7, 11) is 4.64. The van der Waals surface area contributed by atoms with Crippen molar-refractivity contribution in [3.05, 3.63) is 64.9 Å². The van der Waals surface area contributed by atoms with Crippen molar-refractivity contribution in [1.29, 1.82) is 0 Å². The van der Waals surface area contributed by atoms with E-state index in [1.165, 1.54) is 14.2 Å². The highest BCUT2D eigenvalue weighted by Gasteiger charge is 2.34. The van der Waals surface area contributed by atoms with Crippen LogP contribution in [-0.4, -0.2) is 33.3 Å². The molecule has 8 heteroatoms. The molecule has 2 aromatic rings. The van der Waals surface area contributed by atoms with Crippen LogP contribution in [0, 0.1) is 0 Å². The summed E-state index contributed by atoms with van der Waals surface area (Å²) in [5.41, 5.74) is 2.09. The van der Waals surface area contributed by atoms with Crippen molar-refractivity contribution < 1.29 is 28.5 Å². The molecule has 8 nitrogen and oxygen atoms in total. The Bertz CT molecular complexity index is 968. The number of rotatable bonds is 7. The standard InChI is InChI=1S/C22H24N2O6/c1-13-19(21(25)30-12-14-5-7-15(27-2)8-6-14)20(24-22(26)23-13)17-11-16(28-3)9-10-18(17)29-4/h5-11,20H,12H2,1-4H3,(H2,23,24,26)/t20-/m0/s1. The van der Waals surface area contributed by atoms with Crippen LogP contribution in [0.3, 0.4) is 0 Å². The lowest BCUT2D eigenvalue weighted by Crippen LogP contribution is -2.45. The third-order valence-electron chi connectivity index (χ3n) is 4.77. The van der Waals surface area contributed by atoms with Crippen molar-refractivity contribution in [3.8, 4) is 17.2 Å². The van der Waals surface area contributed by atoms with E-state index in [0.29, 0.717) is 28.5 Å². The average Bonchev–Trinajstić information content (AvgIpc) is 2.76. The van der Waals surface area contributed by atoms with Crippen LogP contribution in [0.15, 0.2) is 53.7 Å². The van der Waals surface area contributed by atoms with Gasteiger partial charge in [0.2, 0.25) is 0 Å². The Kier molecular flexibility index (Phi) is 6.46. The molecule has 2 aromatic carbocycles. The van der Waals surface area contributed by atoms with E-state index in [1.807, 2.05) is 12.1 Å². The number of hydrogen-bond acceptors (Lipinski definition) is 6. The summed E-state index contributed by atoms with van der Waals surface area (Å²) in [6.07, 6.45) is 0. The number of urea groups is 1. The minimum atomic E-state index is -0.757. The summed E-state index contributed by atoms with van der Waals surface area (Å²) in [6, 6.07) is 11.2. The van der Waals surface area contributed by atoms with E-state index >= 15 is 0 Å². The Morgan fingerprint density at radius 2 is 1.63 bits per heavy atom. The average molecular weight is 412 g/mol. The number of esters is 1. The van der Waals surface area contributed by atoms with Gasteiger partial charge in [0, 0.05) is 11.3 Å². The molecule has 0 radical (unpaired) electrons. The number of methoxy groups -OCH3 is 3. The van der Waals surface area contributed by atoms with Gasteiger partial charge in [-0.3, -0.25) is 0 Å². The first kappa shape index (κ1) is 21.0. The van der Waals surface area contributed by atoms with Crippen molar-refractivity contribution in [1.82, 2.24) is 10.6 Å². The molecule has 2 amide bonds. The van der Waals surface area contributed by atoms with Crippen molar-refractivity contribution in [3.63, 3.8) is 0 Å². The van der Waals surface area contributed by atoms with Crippen LogP contribution in [0.1, 0.15) is 24.1 Å². The van der Waals surface area contributed by atoms with Gasteiger partial charge in [-0.05, 0) is 42.8 Å². The molecule has 0 bridgehead atoms. The maximum absolute atomic E-state index is 13.0. The first-order valence-corrected chi connectivity index (χ1v) is 9.27. The molecular formula is C22H24N2O6. The molecule has 3 rings (SSSR count). The van der Waals surface area contributed by atoms with Gasteiger partial charge in [-0.15, -0.1) is 0 Å². The molecule has 0 unspecified atom stereocenters. The van der Waals surface area contributed by atoms with Gasteiger partial charge in [-0.2, -0.15) is 0 Å². The Labute approximate surface area is 174 Å². The molecule has 1 aliphatic heterocycles. The van der Waals surface area contributed by atoms with Crippen LogP contribution in [0.4, 0.5) is 4.79 Å². The molecule has 1 atom stereocenters. The second kappa shape index (κ2) is 9.21. The third kappa shape index (κ3) is 4.48. The number of benzene rings is 2. The van der Waals surface area contributed by atoms with Crippen LogP contribution in [-0.2, 0) is 16.1 Å². The molecule has 30 heavy (non-hydrogen) atoms. The summed E-state index contributed by atoms with van der Waals surface area (Å²) in [6.45, 7) is 1.73. The number of carbonyl (C=O) groups excluding carboxylic acids is 2. The van der Waals surface area contributed by atoms with Gasteiger partial charge in [0.1, 0.15) is 23.9 Å². The molecule has 158 valence electrons. The maximum Gasteiger partial charge on any atom is 0.338 e. The molecule has 0 aliphatic carbocycles. The van der Waals surface area contributed by atoms with Crippen LogP contribution >= 0.6 is 0 Å². The van der Waals surface area contributed by atoms with E-state index < -0.39 is 18.0 Å². The highest BCUT2D eigenvalue weighted by atomic mass is 16.5. The van der Waals surface area contributed by atoms with Gasteiger partial charge in [-0.25, -0.2) is 9.59 Å². The summed E-state index contributed by atoms with van der Waals surface area (Å²) in [5, 5.41) is 5.40. The SMILES string of the molecule is COc1ccc(COC(=O)C2=C(C)NC(=O)N[C@H]2c2cc(OC)ccc2OC)cc1. The molecule has 2 N–H and O–H groups in total. The largest absolute Gasteiger partial charge is 0.497 e. The molecule has 0 aromatic heterocycles. The van der Waals surface area contributed by atoms with Crippen molar-refractivity contribution in [2.24, 2.45) is 0 Å². The number of hydrogen-bond donors (Lipinski definition) is 2. The van der Waals surface area contributed by atoms with Gasteiger partial charge in [0.05, 0.1) is 32.9 Å². The second-order valence-corrected chi connectivity index (χ2v) is 6.60. The summed E-state index contributed by atoms with van der Waals surface area (Å²) < 4.78 is 21.4. The van der Waals surface area contributed by atoms with E-state index in [1.54, 1.807) is 44.4 Å². The molecule has 0 spiro atoms. The first-order chi connectivity index (χ1) is 14.5. The molecule has 1 heterocycles. The number of allylic oxidation sites excluding steroid dienone is 1. The zero-order valence-corrected chi connectivity index (χ0v) is 17.3. The smallest absolute Gasteiger partial charge is 0.338 e. The van der Waals surface area contributed by atoms with Gasteiger partial charge in [0.25, 0.3) is 0 Å². The van der Waals surface area contributed by atoms with Crippen LogP contribution in [0.5, 0.6) is 17.2 Å². The Morgan fingerprint density at radius 3 is 2.27 bits per heavy atom. The number of carbonyl (C=O) groups is 2. The lowest BCUT2D eigenvalue weighted by molar-refractivity contribution is -0.140. The predicted molar refractivity (Wildman–Crippen MR) is 109 cm³/mol. The van der Waals surface area contributed by atoms with Crippen LogP contribution < -0.4 is 24.8 Å². The number of ether oxygens (including phenoxy) is 4. The van der Waals surface area contributed by atoms with Gasteiger partial charge >= 0.3 is 12.0 Å². The van der Waals surface area contributed by atoms with E-state index in [-0.39, 0.29) is 12.2 Å². The fraction of sp³-hybridized carbons (Fsp3) is 0.273. The molecule has 0 fully saturated rings. The van der Waals surface area contributed by atoms with Crippen molar-refractivity contribution >= 4 is 12.0 Å². The summed E-state index contributed by atoms with van der Waals surface area (Å²) >= 11 is 0. The van der Waals surface area contributed by atoms with E-state index in [2.05, 4.69) is 10.6 Å². The highest BCUT2D eigenvalue weighted by molar-refractivity contribution is 5.95. The molecule has 1 aliphatic rings. The normalized spacial score (nSPS) is 15.7. The molecule has 0 saturated heterocycles. The quantitative estimate of drug-likeness (QED) is 0.679. The third-order valence-corrected chi connectivity index (χ3v) is 4.77. The van der Waals surface area contributed by atoms with Gasteiger partial charge in [-0.1, -0.05) is 12.1 Å². The van der Waals surface area contributed by atoms with Crippen LogP contribution in [0.2, 0.25) is 0 Å². The van der Waals surface area contributed by atoms with Gasteiger partial charge in [0.15, 0.2) is 0 Å². The van der Waals surface area contributed by atoms with Crippen LogP contribution in [0.25, 0.3) is 0 Å². The van der Waals surface area contributed by atoms with E-state index in [0.717, 1.165) is 5.56 Å². The minimum absolute atomic E-state index is 0.0789. The fourth-order valence-electron chi connectivity index (χ4n) is 3.21. The van der Waals surface area contributed by atoms with E-state index in [9.17, 15) is 9.59 Å². The monoisotopic (exact) mass is 412 g/mol. The summed E-state index contributed by atoms with van der Waals surface area (Å²) in [4.78, 5) is 25.1. The molecule has 0 saturated carbocycles. The Balaban J connectivity index is 1.89. The maximum atomic E-state index is 13.0. The van der Waals surface area contributed by atoms with E-state index in [4.69, 9.17) is 18.9 Å². The molecular weight excluding hydrogens is 388 g/mol. The topological polar surface area (TPSA) is 95.1 Å². The minimum Gasteiger partial charge on any atom is -0.497 e. The number of nitrogens with one attached hydrogen (secondary N) is 2. The Hall–Kier alpha value is -3.68. The predicted octanol–water partition coefficient (Wildman–Crippen LogP) is 3.08. The summed E-state index contributed by atoms with van der Waals surface area (Å²) in [5.74, 6) is 1.25. The highest BCUT2D eigenvalue weighted by Crippen LogP contribution is 2.36. The van der Waals surface area contributed by atoms with Gasteiger partial charge < -0.3 is 29.6 Å². The number of amides is 2. The van der Waals surface area contributed by atoms with Crippen molar-refractivity contribution in [2.75, 3.05) is 21.3 Å². The van der Waals surface area contributed by atoms with Crippen molar-refractivity contribution in [2.45, 2.75) is 19.6 Å².